The number of hydrogen-bond acceptors (Lipinski definition) is 3. The van der Waals surface area contributed by atoms with Gasteiger partial charge in [-0.15, -0.1) is 0 Å². The summed E-state index contributed by atoms with van der Waals surface area (Å²) in [6, 6.07) is 11.7. The Morgan fingerprint density at radius 1 is 1.05 bits per heavy atom. The smallest absolute Gasteiger partial charge is 0.303 e. The molecule has 1 heterocycles. The number of aryl methyl sites for hydroxylation is 1. The summed E-state index contributed by atoms with van der Waals surface area (Å²) >= 11 is 0. The minimum Gasteiger partial charge on any atom is -0.481 e. The second kappa shape index (κ2) is 4.98. The minimum atomic E-state index is -0.805. The van der Waals surface area contributed by atoms with Gasteiger partial charge in [0, 0.05) is 29.3 Å². The van der Waals surface area contributed by atoms with Gasteiger partial charge in [0.1, 0.15) is 11.2 Å². The SMILES string of the molecule is NCc1cccc2c1oc1c(CCC(=O)O)cccc12. The molecule has 0 aliphatic carbocycles. The molecule has 0 fully saturated rings. The van der Waals surface area contributed by atoms with Crippen LogP contribution in [0.4, 0.5) is 0 Å². The van der Waals surface area contributed by atoms with Crippen LogP contribution in [-0.2, 0) is 17.8 Å². The van der Waals surface area contributed by atoms with Crippen LogP contribution in [0, 0.1) is 0 Å². The number of carboxylic acid groups (broad SMARTS) is 1. The number of furan rings is 1. The lowest BCUT2D eigenvalue weighted by molar-refractivity contribution is -0.136. The highest BCUT2D eigenvalue weighted by atomic mass is 16.4. The molecule has 20 heavy (non-hydrogen) atoms. The number of carbonyl (C=O) groups is 1. The molecular weight excluding hydrogens is 254 g/mol. The summed E-state index contributed by atoms with van der Waals surface area (Å²) in [4.78, 5) is 10.7. The molecular formula is C16H15NO3. The lowest BCUT2D eigenvalue weighted by Crippen LogP contribution is -1.97. The van der Waals surface area contributed by atoms with Crippen molar-refractivity contribution in [2.75, 3.05) is 0 Å². The average molecular weight is 269 g/mol. The van der Waals surface area contributed by atoms with Gasteiger partial charge in [-0.2, -0.15) is 0 Å². The van der Waals surface area contributed by atoms with E-state index < -0.39 is 5.97 Å². The van der Waals surface area contributed by atoms with Gasteiger partial charge in [-0.1, -0.05) is 36.4 Å². The molecule has 3 N–H and O–H groups in total. The third-order valence-electron chi connectivity index (χ3n) is 3.52. The summed E-state index contributed by atoms with van der Waals surface area (Å²) in [5.41, 5.74) is 9.18. The molecule has 4 nitrogen and oxygen atoms in total. The predicted molar refractivity (Wildman–Crippen MR) is 77.6 cm³/mol. The Kier molecular flexibility index (Phi) is 3.16. The van der Waals surface area contributed by atoms with Gasteiger partial charge < -0.3 is 15.3 Å². The maximum atomic E-state index is 10.7. The summed E-state index contributed by atoms with van der Waals surface area (Å²) in [5, 5.41) is 10.9. The van der Waals surface area contributed by atoms with Crippen LogP contribution in [0.2, 0.25) is 0 Å². The molecule has 0 atom stereocenters. The molecule has 0 bridgehead atoms. The van der Waals surface area contributed by atoms with Gasteiger partial charge in [-0.05, 0) is 12.0 Å². The van der Waals surface area contributed by atoms with Crippen molar-refractivity contribution in [1.29, 1.82) is 0 Å². The summed E-state index contributed by atoms with van der Waals surface area (Å²) in [7, 11) is 0. The summed E-state index contributed by atoms with van der Waals surface area (Å²) in [6.07, 6.45) is 0.560. The number of carboxylic acids is 1. The zero-order valence-corrected chi connectivity index (χ0v) is 10.9. The Labute approximate surface area is 115 Å². The first-order valence-electron chi connectivity index (χ1n) is 6.54. The first-order chi connectivity index (χ1) is 9.70. The van der Waals surface area contributed by atoms with Gasteiger partial charge in [0.05, 0.1) is 0 Å². The molecule has 3 aromatic rings. The Bertz CT molecular complexity index is 789. The van der Waals surface area contributed by atoms with E-state index in [1.54, 1.807) is 0 Å². The van der Waals surface area contributed by atoms with Crippen molar-refractivity contribution in [1.82, 2.24) is 0 Å². The van der Waals surface area contributed by atoms with Crippen molar-refractivity contribution in [2.24, 2.45) is 5.73 Å². The molecule has 0 saturated heterocycles. The Morgan fingerprint density at radius 3 is 2.25 bits per heavy atom. The van der Waals surface area contributed by atoms with Gasteiger partial charge in [-0.25, -0.2) is 0 Å². The van der Waals surface area contributed by atoms with E-state index in [9.17, 15) is 4.79 Å². The van der Waals surface area contributed by atoms with Crippen molar-refractivity contribution in [3.05, 3.63) is 47.5 Å². The Balaban J connectivity index is 2.21. The van der Waals surface area contributed by atoms with Crippen LogP contribution >= 0.6 is 0 Å². The molecule has 0 aliphatic heterocycles. The average Bonchev–Trinajstić information content (AvgIpc) is 2.84. The summed E-state index contributed by atoms with van der Waals surface area (Å²) in [6.45, 7) is 0.418. The topological polar surface area (TPSA) is 76.5 Å². The molecule has 1 aromatic heterocycles. The molecule has 0 saturated carbocycles. The zero-order chi connectivity index (χ0) is 14.1. The third kappa shape index (κ3) is 2.04. The van der Waals surface area contributed by atoms with Gasteiger partial charge in [-0.3, -0.25) is 4.79 Å². The van der Waals surface area contributed by atoms with Crippen molar-refractivity contribution >= 4 is 27.9 Å². The molecule has 102 valence electrons. The molecule has 0 spiro atoms. The van der Waals surface area contributed by atoms with Crippen LogP contribution in [0.25, 0.3) is 21.9 Å². The number of hydrogen-bond donors (Lipinski definition) is 2. The standard InChI is InChI=1S/C16H15NO3/c17-9-11-4-2-6-13-12-5-1-3-10(7-8-14(18)19)15(12)20-16(11)13/h1-6H,7-9,17H2,(H,18,19). The summed E-state index contributed by atoms with van der Waals surface area (Å²) in [5.74, 6) is -0.805. The van der Waals surface area contributed by atoms with Gasteiger partial charge >= 0.3 is 5.97 Å². The van der Waals surface area contributed by atoms with Gasteiger partial charge in [0.25, 0.3) is 0 Å². The van der Waals surface area contributed by atoms with Gasteiger partial charge in [0.2, 0.25) is 0 Å². The molecule has 0 radical (unpaired) electrons. The number of benzene rings is 2. The number of fused-ring (bicyclic) bond motifs is 3. The summed E-state index contributed by atoms with van der Waals surface area (Å²) < 4.78 is 5.96. The maximum Gasteiger partial charge on any atom is 0.303 e. The van der Waals surface area contributed by atoms with Gasteiger partial charge in [0.15, 0.2) is 0 Å². The predicted octanol–water partition coefficient (Wildman–Crippen LogP) is 3.06. The molecule has 0 amide bonds. The van der Waals surface area contributed by atoms with E-state index in [-0.39, 0.29) is 6.42 Å². The van der Waals surface area contributed by atoms with E-state index in [4.69, 9.17) is 15.3 Å². The monoisotopic (exact) mass is 269 g/mol. The van der Waals surface area contributed by atoms with Crippen molar-refractivity contribution in [3.8, 4) is 0 Å². The highest BCUT2D eigenvalue weighted by Crippen LogP contribution is 2.33. The van der Waals surface area contributed by atoms with E-state index in [0.717, 1.165) is 33.1 Å². The van der Waals surface area contributed by atoms with E-state index in [1.165, 1.54) is 0 Å². The Hall–Kier alpha value is -2.33. The fraction of sp³-hybridized carbons (Fsp3) is 0.188. The number of aliphatic carboxylic acids is 1. The van der Waals surface area contributed by atoms with Crippen LogP contribution in [0.3, 0.4) is 0 Å². The first-order valence-corrected chi connectivity index (χ1v) is 6.54. The van der Waals surface area contributed by atoms with Crippen molar-refractivity contribution in [2.45, 2.75) is 19.4 Å². The lowest BCUT2D eigenvalue weighted by Gasteiger charge is -1.99. The highest BCUT2D eigenvalue weighted by molar-refractivity contribution is 6.06. The van der Waals surface area contributed by atoms with E-state index in [1.807, 2.05) is 36.4 Å². The minimum absolute atomic E-state index is 0.0971. The van der Waals surface area contributed by atoms with Crippen LogP contribution in [0.15, 0.2) is 40.8 Å². The molecule has 0 aliphatic rings. The highest BCUT2D eigenvalue weighted by Gasteiger charge is 2.13. The Morgan fingerprint density at radius 2 is 1.65 bits per heavy atom. The molecule has 4 heteroatoms. The van der Waals surface area contributed by atoms with Crippen molar-refractivity contribution < 1.29 is 14.3 Å². The maximum absolute atomic E-state index is 10.7. The van der Waals surface area contributed by atoms with E-state index in [0.29, 0.717) is 13.0 Å². The largest absolute Gasteiger partial charge is 0.481 e. The third-order valence-corrected chi connectivity index (χ3v) is 3.52. The van der Waals surface area contributed by atoms with E-state index >= 15 is 0 Å². The second-order valence-corrected chi connectivity index (χ2v) is 4.79. The first kappa shape index (κ1) is 12.7. The zero-order valence-electron chi connectivity index (χ0n) is 10.9. The van der Waals surface area contributed by atoms with Crippen LogP contribution in [-0.4, -0.2) is 11.1 Å². The number of rotatable bonds is 4. The fourth-order valence-corrected chi connectivity index (χ4v) is 2.54. The van der Waals surface area contributed by atoms with Crippen LogP contribution in [0.1, 0.15) is 17.5 Å². The fourth-order valence-electron chi connectivity index (χ4n) is 2.54. The molecule has 3 rings (SSSR count). The number of nitrogens with two attached hydrogens (primary N) is 1. The van der Waals surface area contributed by atoms with E-state index in [2.05, 4.69) is 0 Å². The van der Waals surface area contributed by atoms with Crippen LogP contribution in [0.5, 0.6) is 0 Å². The molecule has 2 aromatic carbocycles. The second-order valence-electron chi connectivity index (χ2n) is 4.79. The quantitative estimate of drug-likeness (QED) is 0.763. The number of para-hydroxylation sites is 2. The van der Waals surface area contributed by atoms with Crippen molar-refractivity contribution in [3.63, 3.8) is 0 Å². The molecule has 0 unspecified atom stereocenters. The van der Waals surface area contributed by atoms with Crippen LogP contribution < -0.4 is 5.73 Å². The lowest BCUT2D eigenvalue weighted by atomic mass is 10.0. The normalized spacial score (nSPS) is 11.2.